The lowest BCUT2D eigenvalue weighted by Crippen LogP contribution is -2.29. The molecule has 0 aliphatic heterocycles. The number of aromatic nitrogens is 1. The fourth-order valence-corrected chi connectivity index (χ4v) is 1.64. The highest BCUT2D eigenvalue weighted by atomic mass is 16.2. The zero-order chi connectivity index (χ0) is 11.1. The van der Waals surface area contributed by atoms with E-state index in [1.54, 1.807) is 6.20 Å². The van der Waals surface area contributed by atoms with E-state index in [1.807, 2.05) is 12.3 Å². The van der Waals surface area contributed by atoms with Gasteiger partial charge in [0.15, 0.2) is 0 Å². The number of aliphatic hydroxyl groups is 1. The number of hydrogen-bond acceptors (Lipinski definition) is 3. The molecule has 0 amide bonds. The van der Waals surface area contributed by atoms with E-state index in [4.69, 9.17) is 5.11 Å². The minimum absolute atomic E-state index is 0.271. The summed E-state index contributed by atoms with van der Waals surface area (Å²) in [5.41, 5.74) is 1.20. The Bertz CT molecular complexity index is 264. The van der Waals surface area contributed by atoms with Crippen molar-refractivity contribution in [1.29, 1.82) is 0 Å². The monoisotopic (exact) mass is 208 g/mol. The first-order valence-corrected chi connectivity index (χ1v) is 5.51. The maximum atomic E-state index is 8.73. The van der Waals surface area contributed by atoms with E-state index >= 15 is 0 Å². The molecule has 0 spiro atoms. The van der Waals surface area contributed by atoms with Crippen LogP contribution in [-0.2, 0) is 0 Å². The first kappa shape index (κ1) is 12.1. The lowest BCUT2D eigenvalue weighted by molar-refractivity contribution is 0.274. The molecule has 2 unspecified atom stereocenters. The molecule has 2 atom stereocenters. The highest BCUT2D eigenvalue weighted by molar-refractivity contribution is 5.12. The van der Waals surface area contributed by atoms with Gasteiger partial charge in [-0.3, -0.25) is 4.98 Å². The second-order valence-corrected chi connectivity index (χ2v) is 3.94. The van der Waals surface area contributed by atoms with Crippen molar-refractivity contribution in [3.05, 3.63) is 30.1 Å². The fraction of sp³-hybridized carbons (Fsp3) is 0.583. The summed E-state index contributed by atoms with van der Waals surface area (Å²) in [5, 5.41) is 12.2. The molecular weight excluding hydrogens is 188 g/mol. The maximum absolute atomic E-state index is 8.73. The molecule has 0 saturated carbocycles. The standard InChI is InChI=1S/C12H20N2O/c1-10(5-4-8-15)14-11(2)12-6-3-7-13-9-12/h3,6-7,9-11,14-15H,4-5,8H2,1-2H3. The van der Waals surface area contributed by atoms with Crippen LogP contribution in [0, 0.1) is 0 Å². The van der Waals surface area contributed by atoms with Gasteiger partial charge in [-0.05, 0) is 38.3 Å². The fourth-order valence-electron chi connectivity index (χ4n) is 1.64. The average molecular weight is 208 g/mol. The highest BCUT2D eigenvalue weighted by Gasteiger charge is 2.08. The molecule has 0 fully saturated rings. The third kappa shape index (κ3) is 4.40. The molecule has 0 saturated heterocycles. The molecule has 0 bridgehead atoms. The number of hydrogen-bond donors (Lipinski definition) is 2. The highest BCUT2D eigenvalue weighted by Crippen LogP contribution is 2.11. The Labute approximate surface area is 91.5 Å². The van der Waals surface area contributed by atoms with Crippen molar-refractivity contribution in [2.45, 2.75) is 38.8 Å². The first-order valence-electron chi connectivity index (χ1n) is 5.51. The van der Waals surface area contributed by atoms with Gasteiger partial charge in [-0.15, -0.1) is 0 Å². The Balaban J connectivity index is 2.38. The van der Waals surface area contributed by atoms with Gasteiger partial charge in [0.1, 0.15) is 0 Å². The van der Waals surface area contributed by atoms with E-state index in [0.717, 1.165) is 12.8 Å². The van der Waals surface area contributed by atoms with Gasteiger partial charge in [-0.25, -0.2) is 0 Å². The van der Waals surface area contributed by atoms with Gasteiger partial charge in [0.05, 0.1) is 0 Å². The van der Waals surface area contributed by atoms with Crippen molar-refractivity contribution < 1.29 is 5.11 Å². The molecule has 15 heavy (non-hydrogen) atoms. The van der Waals surface area contributed by atoms with Gasteiger partial charge >= 0.3 is 0 Å². The number of pyridine rings is 1. The van der Waals surface area contributed by atoms with E-state index in [2.05, 4.69) is 30.2 Å². The topological polar surface area (TPSA) is 45.1 Å². The molecule has 0 aromatic carbocycles. The molecule has 3 heteroatoms. The summed E-state index contributed by atoms with van der Waals surface area (Å²) in [4.78, 5) is 4.10. The van der Waals surface area contributed by atoms with Crippen LogP contribution in [0.4, 0.5) is 0 Å². The predicted octanol–water partition coefficient (Wildman–Crippen LogP) is 1.89. The van der Waals surface area contributed by atoms with Gasteiger partial charge in [0.25, 0.3) is 0 Å². The molecule has 0 aliphatic rings. The lowest BCUT2D eigenvalue weighted by atomic mass is 10.1. The Morgan fingerprint density at radius 1 is 1.47 bits per heavy atom. The van der Waals surface area contributed by atoms with Gasteiger partial charge in [-0.2, -0.15) is 0 Å². The van der Waals surface area contributed by atoms with Crippen LogP contribution in [0.25, 0.3) is 0 Å². The Hall–Kier alpha value is -0.930. The largest absolute Gasteiger partial charge is 0.396 e. The van der Waals surface area contributed by atoms with Gasteiger partial charge in [-0.1, -0.05) is 6.07 Å². The van der Waals surface area contributed by atoms with Crippen LogP contribution in [-0.4, -0.2) is 22.7 Å². The minimum atomic E-state index is 0.271. The molecule has 0 radical (unpaired) electrons. The molecule has 84 valence electrons. The number of aliphatic hydroxyl groups excluding tert-OH is 1. The number of rotatable bonds is 6. The SMILES string of the molecule is CC(CCCO)NC(C)c1cccnc1. The quantitative estimate of drug-likeness (QED) is 0.750. The van der Waals surface area contributed by atoms with Gasteiger partial charge < -0.3 is 10.4 Å². The van der Waals surface area contributed by atoms with Gasteiger partial charge in [0, 0.05) is 31.1 Å². The molecule has 1 aromatic rings. The Morgan fingerprint density at radius 2 is 2.27 bits per heavy atom. The van der Waals surface area contributed by atoms with Gasteiger partial charge in [0.2, 0.25) is 0 Å². The van der Waals surface area contributed by atoms with Crippen molar-refractivity contribution in [3.8, 4) is 0 Å². The Kier molecular flexibility index (Phi) is 5.29. The molecule has 0 aliphatic carbocycles. The summed E-state index contributed by atoms with van der Waals surface area (Å²) < 4.78 is 0. The average Bonchev–Trinajstić information content (AvgIpc) is 2.27. The smallest absolute Gasteiger partial charge is 0.0431 e. The predicted molar refractivity (Wildman–Crippen MR) is 61.6 cm³/mol. The van der Waals surface area contributed by atoms with E-state index in [-0.39, 0.29) is 6.61 Å². The number of nitrogens with zero attached hydrogens (tertiary/aromatic N) is 1. The van der Waals surface area contributed by atoms with Crippen molar-refractivity contribution in [1.82, 2.24) is 10.3 Å². The third-order valence-electron chi connectivity index (χ3n) is 2.51. The summed E-state index contributed by atoms with van der Waals surface area (Å²) in [6, 6.07) is 4.76. The minimum Gasteiger partial charge on any atom is -0.396 e. The Morgan fingerprint density at radius 3 is 2.87 bits per heavy atom. The molecule has 1 rings (SSSR count). The lowest BCUT2D eigenvalue weighted by Gasteiger charge is -2.19. The normalized spacial score (nSPS) is 14.9. The first-order chi connectivity index (χ1) is 7.24. The molecule has 2 N–H and O–H groups in total. The van der Waals surface area contributed by atoms with E-state index in [0.29, 0.717) is 12.1 Å². The van der Waals surface area contributed by atoms with Crippen LogP contribution in [0.5, 0.6) is 0 Å². The second-order valence-electron chi connectivity index (χ2n) is 3.94. The molecule has 1 heterocycles. The zero-order valence-electron chi connectivity index (χ0n) is 9.48. The zero-order valence-corrected chi connectivity index (χ0v) is 9.48. The molecule has 3 nitrogen and oxygen atoms in total. The number of nitrogens with one attached hydrogen (secondary N) is 1. The van der Waals surface area contributed by atoms with Crippen LogP contribution >= 0.6 is 0 Å². The summed E-state index contributed by atoms with van der Waals surface area (Å²) in [6.45, 7) is 4.54. The summed E-state index contributed by atoms with van der Waals surface area (Å²) in [7, 11) is 0. The summed E-state index contributed by atoms with van der Waals surface area (Å²) >= 11 is 0. The van der Waals surface area contributed by atoms with E-state index in [1.165, 1.54) is 5.56 Å². The molecular formula is C12H20N2O. The molecule has 1 aromatic heterocycles. The van der Waals surface area contributed by atoms with Crippen LogP contribution in [0.1, 0.15) is 38.3 Å². The summed E-state index contributed by atoms with van der Waals surface area (Å²) in [5.74, 6) is 0. The van der Waals surface area contributed by atoms with E-state index < -0.39 is 0 Å². The van der Waals surface area contributed by atoms with Crippen molar-refractivity contribution in [2.24, 2.45) is 0 Å². The second kappa shape index (κ2) is 6.53. The van der Waals surface area contributed by atoms with Crippen molar-refractivity contribution in [3.63, 3.8) is 0 Å². The van der Waals surface area contributed by atoms with Crippen LogP contribution in [0.2, 0.25) is 0 Å². The van der Waals surface area contributed by atoms with Crippen molar-refractivity contribution >= 4 is 0 Å². The van der Waals surface area contributed by atoms with Crippen molar-refractivity contribution in [2.75, 3.05) is 6.61 Å². The van der Waals surface area contributed by atoms with E-state index in [9.17, 15) is 0 Å². The third-order valence-corrected chi connectivity index (χ3v) is 2.51. The maximum Gasteiger partial charge on any atom is 0.0431 e. The van der Waals surface area contributed by atoms with Crippen LogP contribution in [0.3, 0.4) is 0 Å². The summed E-state index contributed by atoms with van der Waals surface area (Å²) in [6.07, 6.45) is 5.52. The van der Waals surface area contributed by atoms with Crippen LogP contribution < -0.4 is 5.32 Å². The van der Waals surface area contributed by atoms with Crippen LogP contribution in [0.15, 0.2) is 24.5 Å².